The molecule has 4 amide bonds. The lowest BCUT2D eigenvalue weighted by molar-refractivity contribution is -0.141. The average Bonchev–Trinajstić information content (AvgIpc) is 3.03. The second-order valence-corrected chi connectivity index (χ2v) is 9.01. The summed E-state index contributed by atoms with van der Waals surface area (Å²) in [7, 11) is 0. The fraction of sp³-hybridized carbons (Fsp3) is 0.407. The molecule has 0 saturated heterocycles. The Hall–Kier alpha value is -3.48. The number of carbonyl (C=O) groups excluding carboxylic acids is 4. The number of carbonyl (C=O) groups is 4. The summed E-state index contributed by atoms with van der Waals surface area (Å²) in [6, 6.07) is 14.0. The first kappa shape index (κ1) is 25.1. The van der Waals surface area contributed by atoms with Crippen molar-refractivity contribution in [2.24, 2.45) is 0 Å². The van der Waals surface area contributed by atoms with Crippen LogP contribution < -0.4 is 5.32 Å². The summed E-state index contributed by atoms with van der Waals surface area (Å²) >= 11 is 0. The van der Waals surface area contributed by atoms with Gasteiger partial charge in [0.25, 0.3) is 11.8 Å². The molecule has 180 valence electrons. The van der Waals surface area contributed by atoms with E-state index in [2.05, 4.69) is 5.32 Å². The van der Waals surface area contributed by atoms with Crippen LogP contribution in [0, 0.1) is 6.92 Å². The number of imide groups is 1. The molecule has 1 N–H and O–H groups in total. The number of aryl methyl sites for hydroxylation is 1. The fourth-order valence-electron chi connectivity index (χ4n) is 4.28. The van der Waals surface area contributed by atoms with Crippen LogP contribution in [0.15, 0.2) is 48.5 Å². The molecule has 1 aliphatic heterocycles. The van der Waals surface area contributed by atoms with E-state index in [0.717, 1.165) is 11.1 Å². The van der Waals surface area contributed by atoms with E-state index in [0.29, 0.717) is 30.5 Å². The zero-order valence-electron chi connectivity index (χ0n) is 20.3. The lowest BCUT2D eigenvalue weighted by Crippen LogP contribution is -2.50. The minimum atomic E-state index is -0.602. The molecule has 2 aromatic carbocycles. The van der Waals surface area contributed by atoms with E-state index in [9.17, 15) is 19.2 Å². The van der Waals surface area contributed by atoms with Crippen molar-refractivity contribution in [2.45, 2.75) is 65.6 Å². The summed E-state index contributed by atoms with van der Waals surface area (Å²) in [5, 5.41) is 2.92. The van der Waals surface area contributed by atoms with Gasteiger partial charge < -0.3 is 10.2 Å². The zero-order valence-corrected chi connectivity index (χ0v) is 20.3. The number of benzene rings is 2. The summed E-state index contributed by atoms with van der Waals surface area (Å²) < 4.78 is 0. The average molecular weight is 464 g/mol. The number of nitrogens with zero attached hydrogens (tertiary/aromatic N) is 2. The van der Waals surface area contributed by atoms with Gasteiger partial charge in [-0.05, 0) is 51.3 Å². The number of hydrogen-bond acceptors (Lipinski definition) is 4. The summed E-state index contributed by atoms with van der Waals surface area (Å²) in [6.07, 6.45) is 0.941. The van der Waals surface area contributed by atoms with Crippen LogP contribution in [0.3, 0.4) is 0 Å². The van der Waals surface area contributed by atoms with Gasteiger partial charge in [-0.2, -0.15) is 0 Å². The molecule has 0 aromatic heterocycles. The summed E-state index contributed by atoms with van der Waals surface area (Å²) in [4.78, 5) is 54.2. The highest BCUT2D eigenvalue weighted by atomic mass is 16.2. The molecule has 1 aliphatic rings. The number of hydrogen-bond donors (Lipinski definition) is 1. The van der Waals surface area contributed by atoms with Crippen molar-refractivity contribution in [3.8, 4) is 0 Å². The lowest BCUT2D eigenvalue weighted by atomic mass is 10.1. The van der Waals surface area contributed by atoms with Gasteiger partial charge in [0.1, 0.15) is 6.04 Å². The topological polar surface area (TPSA) is 86.8 Å². The maximum atomic E-state index is 13.3. The Bertz CT molecular complexity index is 1040. The SMILES string of the molecule is CC[C@H](C(=O)NC(C)C)N(Cc1cccc(C)c1)C(=O)CCCN1C(=O)c2ccccc2C1=O. The Morgan fingerprint density at radius 2 is 1.65 bits per heavy atom. The Labute approximate surface area is 201 Å². The van der Waals surface area contributed by atoms with Crippen LogP contribution in [0.5, 0.6) is 0 Å². The van der Waals surface area contributed by atoms with E-state index in [1.807, 2.05) is 52.0 Å². The van der Waals surface area contributed by atoms with Gasteiger partial charge in [0.15, 0.2) is 0 Å². The standard InChI is InChI=1S/C27H33N3O4/c1-5-23(25(32)28-18(2)3)30(17-20-11-8-10-19(4)16-20)24(31)14-9-15-29-26(33)21-12-6-7-13-22(21)27(29)34/h6-8,10-13,16,18,23H,5,9,14-15,17H2,1-4H3,(H,28,32)/t23-/m1/s1. The molecule has 0 aliphatic carbocycles. The third-order valence-corrected chi connectivity index (χ3v) is 5.90. The van der Waals surface area contributed by atoms with Crippen molar-refractivity contribution in [1.29, 1.82) is 0 Å². The largest absolute Gasteiger partial charge is 0.352 e. The monoisotopic (exact) mass is 463 g/mol. The molecule has 34 heavy (non-hydrogen) atoms. The maximum absolute atomic E-state index is 13.3. The third-order valence-electron chi connectivity index (χ3n) is 5.90. The molecule has 0 saturated carbocycles. The minimum absolute atomic E-state index is 0.0358. The molecular weight excluding hydrogens is 430 g/mol. The van der Waals surface area contributed by atoms with Crippen molar-refractivity contribution >= 4 is 23.6 Å². The van der Waals surface area contributed by atoms with Crippen molar-refractivity contribution in [2.75, 3.05) is 6.54 Å². The number of amides is 4. The predicted molar refractivity (Wildman–Crippen MR) is 130 cm³/mol. The number of rotatable bonds is 10. The smallest absolute Gasteiger partial charge is 0.261 e. The van der Waals surface area contributed by atoms with Gasteiger partial charge in [0, 0.05) is 25.6 Å². The Kier molecular flexibility index (Phi) is 8.21. The van der Waals surface area contributed by atoms with E-state index in [4.69, 9.17) is 0 Å². The second kappa shape index (κ2) is 11.1. The molecule has 0 bridgehead atoms. The van der Waals surface area contributed by atoms with Crippen LogP contribution in [0.2, 0.25) is 0 Å². The molecule has 2 aromatic rings. The summed E-state index contributed by atoms with van der Waals surface area (Å²) in [5.41, 5.74) is 2.83. The molecule has 0 radical (unpaired) electrons. The minimum Gasteiger partial charge on any atom is -0.352 e. The normalized spacial score (nSPS) is 13.7. The molecule has 0 fully saturated rings. The van der Waals surface area contributed by atoms with Crippen LogP contribution >= 0.6 is 0 Å². The van der Waals surface area contributed by atoms with E-state index < -0.39 is 6.04 Å². The third kappa shape index (κ3) is 5.71. The Morgan fingerprint density at radius 3 is 2.21 bits per heavy atom. The first-order chi connectivity index (χ1) is 16.2. The van der Waals surface area contributed by atoms with Gasteiger partial charge in [-0.1, -0.05) is 48.9 Å². The van der Waals surface area contributed by atoms with E-state index in [-0.39, 0.29) is 42.6 Å². The molecular formula is C27H33N3O4. The second-order valence-electron chi connectivity index (χ2n) is 9.01. The van der Waals surface area contributed by atoms with Gasteiger partial charge in [0.05, 0.1) is 11.1 Å². The first-order valence-corrected chi connectivity index (χ1v) is 11.8. The molecule has 3 rings (SSSR count). The van der Waals surface area contributed by atoms with E-state index in [1.165, 1.54) is 4.90 Å². The van der Waals surface area contributed by atoms with Crippen LogP contribution in [0.25, 0.3) is 0 Å². The Morgan fingerprint density at radius 1 is 1.00 bits per heavy atom. The van der Waals surface area contributed by atoms with Crippen LogP contribution in [-0.4, -0.2) is 52.1 Å². The summed E-state index contributed by atoms with van der Waals surface area (Å²) in [5.74, 6) is -1.01. The molecule has 1 atom stereocenters. The predicted octanol–water partition coefficient (Wildman–Crippen LogP) is 3.70. The number of fused-ring (bicyclic) bond motifs is 1. The van der Waals surface area contributed by atoms with Crippen LogP contribution in [-0.2, 0) is 16.1 Å². The quantitative estimate of drug-likeness (QED) is 0.545. The van der Waals surface area contributed by atoms with Gasteiger partial charge in [-0.25, -0.2) is 0 Å². The van der Waals surface area contributed by atoms with Gasteiger partial charge in [-0.15, -0.1) is 0 Å². The molecule has 1 heterocycles. The van der Waals surface area contributed by atoms with Crippen molar-refractivity contribution in [3.05, 3.63) is 70.8 Å². The highest BCUT2D eigenvalue weighted by Gasteiger charge is 2.35. The van der Waals surface area contributed by atoms with Crippen LogP contribution in [0.1, 0.15) is 71.9 Å². The highest BCUT2D eigenvalue weighted by molar-refractivity contribution is 6.21. The van der Waals surface area contributed by atoms with Crippen LogP contribution in [0.4, 0.5) is 0 Å². The highest BCUT2D eigenvalue weighted by Crippen LogP contribution is 2.23. The van der Waals surface area contributed by atoms with Crippen molar-refractivity contribution < 1.29 is 19.2 Å². The Balaban J connectivity index is 1.71. The maximum Gasteiger partial charge on any atom is 0.261 e. The fourth-order valence-corrected chi connectivity index (χ4v) is 4.28. The van der Waals surface area contributed by atoms with Gasteiger partial charge >= 0.3 is 0 Å². The van der Waals surface area contributed by atoms with Gasteiger partial charge in [-0.3, -0.25) is 24.1 Å². The number of nitrogens with one attached hydrogen (secondary N) is 1. The lowest BCUT2D eigenvalue weighted by Gasteiger charge is -2.31. The van der Waals surface area contributed by atoms with Crippen molar-refractivity contribution in [3.63, 3.8) is 0 Å². The van der Waals surface area contributed by atoms with Crippen molar-refractivity contribution in [1.82, 2.24) is 15.1 Å². The van der Waals surface area contributed by atoms with E-state index >= 15 is 0 Å². The van der Waals surface area contributed by atoms with E-state index in [1.54, 1.807) is 29.2 Å². The molecule has 0 unspecified atom stereocenters. The zero-order chi connectivity index (χ0) is 24.8. The molecule has 7 heteroatoms. The molecule has 0 spiro atoms. The first-order valence-electron chi connectivity index (χ1n) is 11.8. The van der Waals surface area contributed by atoms with Gasteiger partial charge in [0.2, 0.25) is 11.8 Å². The molecule has 7 nitrogen and oxygen atoms in total. The summed E-state index contributed by atoms with van der Waals surface area (Å²) in [6.45, 7) is 8.13.